The molecule has 0 saturated heterocycles. The minimum absolute atomic E-state index is 0.00864. The maximum atomic E-state index is 9.29. The largest absolute Gasteiger partial charge is 0.464 e. The molecular formula is C38H22O2. The number of hydrogen-bond donors (Lipinski definition) is 0. The monoisotopic (exact) mass is 525 g/mol. The Morgan fingerprint density at radius 1 is 0.475 bits per heavy atom. The van der Waals surface area contributed by atoms with Gasteiger partial charge in [0.15, 0.2) is 0 Å². The van der Waals surface area contributed by atoms with Crippen LogP contribution >= 0.6 is 0 Å². The van der Waals surface area contributed by atoms with Crippen LogP contribution in [0, 0.1) is 0 Å². The molecule has 0 unspecified atom stereocenters. The zero-order valence-electron chi connectivity index (χ0n) is 35.4. The van der Waals surface area contributed by atoms with E-state index in [4.69, 9.17) is 22.5 Å². The van der Waals surface area contributed by atoms with Crippen molar-refractivity contribution < 1.29 is 29.4 Å². The van der Waals surface area contributed by atoms with E-state index in [1.807, 2.05) is 0 Å². The first-order chi connectivity index (χ1) is 26.1. The third-order valence-electron chi connectivity index (χ3n) is 7.29. The second-order valence-corrected chi connectivity index (χ2v) is 9.34. The summed E-state index contributed by atoms with van der Waals surface area (Å²) in [5.74, 6) is 0. The molecule has 0 bridgehead atoms. The van der Waals surface area contributed by atoms with Crippen LogP contribution in [0.2, 0.25) is 0 Å². The van der Waals surface area contributed by atoms with Crippen LogP contribution in [0.25, 0.3) is 87.5 Å². The highest BCUT2D eigenvalue weighted by atomic mass is 16.3. The topological polar surface area (TPSA) is 26.3 Å². The molecule has 0 aliphatic heterocycles. The molecule has 9 aromatic rings. The normalized spacial score (nSPS) is 17.2. The fourth-order valence-corrected chi connectivity index (χ4v) is 5.60. The summed E-state index contributed by atoms with van der Waals surface area (Å²) in [5.41, 5.74) is 1.06. The summed E-state index contributed by atoms with van der Waals surface area (Å²) in [5, 5.41) is 0.117. The van der Waals surface area contributed by atoms with Crippen molar-refractivity contribution in [2.24, 2.45) is 0 Å². The van der Waals surface area contributed by atoms with E-state index in [2.05, 4.69) is 0 Å². The molecule has 2 nitrogen and oxygen atoms in total. The van der Waals surface area contributed by atoms with Crippen LogP contribution in [-0.2, 0) is 0 Å². The third kappa shape index (κ3) is 2.93. The SMILES string of the molecule is [2H]c1c([2H])c([2H])c2c(-c3c4c([2H])c([2H])c([2H])c([2H])c4c(-c4ccc5oc6c7ccoc7ccc6c5c4)c4c([2H])c([2H])c([2H])c([2H])c34)c([2H])c([2H])c([2H])c2c1[2H]. The van der Waals surface area contributed by atoms with E-state index in [-0.39, 0.29) is 32.7 Å². The molecule has 9 rings (SSSR count). The summed E-state index contributed by atoms with van der Waals surface area (Å²) in [4.78, 5) is 0. The zero-order valence-corrected chi connectivity index (χ0v) is 20.4. The van der Waals surface area contributed by atoms with Gasteiger partial charge in [0, 0.05) is 10.8 Å². The predicted molar refractivity (Wildman–Crippen MR) is 167 cm³/mol. The van der Waals surface area contributed by atoms with Gasteiger partial charge in [-0.05, 0) is 84.9 Å². The Bertz CT molecular complexity index is 3180. The number of rotatable bonds is 2. The second-order valence-electron chi connectivity index (χ2n) is 9.34. The standard InChI is InChI=1S/C38H22O2/c1-2-10-25-23(8-1)9-7-15-26(25)37-29-13-5-3-11-27(29)36(28-12-4-6-14-30(28)37)24-16-18-35-33(22-24)31-17-19-34-32(20-21-39-34)38(31)40-35/h1-22H/i1D,2D,3D,4D,5D,6D,7D,8D,9D,10D,11D,12D,13D,14D,15D. The van der Waals surface area contributed by atoms with Crippen LogP contribution in [0.5, 0.6) is 0 Å². The molecule has 2 aromatic heterocycles. The first kappa shape index (κ1) is 11.8. The Labute approximate surface area is 250 Å². The molecule has 2 heteroatoms. The molecule has 0 aliphatic carbocycles. The molecule has 40 heavy (non-hydrogen) atoms. The Kier molecular flexibility index (Phi) is 2.39. The second kappa shape index (κ2) is 8.08. The van der Waals surface area contributed by atoms with Crippen LogP contribution in [0.15, 0.2) is 142 Å². The van der Waals surface area contributed by atoms with Crippen molar-refractivity contribution in [1.29, 1.82) is 0 Å². The maximum absolute atomic E-state index is 9.29. The summed E-state index contributed by atoms with van der Waals surface area (Å²) in [6.45, 7) is 0. The molecule has 186 valence electrons. The summed E-state index contributed by atoms with van der Waals surface area (Å²) >= 11 is 0. The smallest absolute Gasteiger partial charge is 0.146 e. The minimum Gasteiger partial charge on any atom is -0.464 e. The molecule has 0 atom stereocenters. The van der Waals surface area contributed by atoms with E-state index in [0.29, 0.717) is 38.5 Å². The average molecular weight is 526 g/mol. The Morgan fingerprint density at radius 2 is 1.12 bits per heavy atom. The Morgan fingerprint density at radius 3 is 1.90 bits per heavy atom. The van der Waals surface area contributed by atoms with E-state index in [1.54, 1.807) is 36.4 Å². The lowest BCUT2D eigenvalue weighted by Crippen LogP contribution is -1.91. The van der Waals surface area contributed by atoms with Crippen molar-refractivity contribution in [3.8, 4) is 22.3 Å². The lowest BCUT2D eigenvalue weighted by atomic mass is 9.84. The molecular weight excluding hydrogens is 488 g/mol. The van der Waals surface area contributed by atoms with Gasteiger partial charge in [-0.25, -0.2) is 0 Å². The number of hydrogen-bond acceptors (Lipinski definition) is 2. The minimum atomic E-state index is -0.761. The Balaban J connectivity index is 1.60. The van der Waals surface area contributed by atoms with Gasteiger partial charge in [-0.15, -0.1) is 0 Å². The molecule has 0 spiro atoms. The molecule has 0 saturated carbocycles. The average Bonchev–Trinajstić information content (AvgIpc) is 3.81. The van der Waals surface area contributed by atoms with Gasteiger partial charge in [0.2, 0.25) is 0 Å². The van der Waals surface area contributed by atoms with E-state index in [0.717, 1.165) is 0 Å². The molecule has 0 N–H and O–H groups in total. The quantitative estimate of drug-likeness (QED) is 0.210. The van der Waals surface area contributed by atoms with E-state index >= 15 is 0 Å². The maximum Gasteiger partial charge on any atom is 0.146 e. The van der Waals surface area contributed by atoms with Crippen molar-refractivity contribution in [2.45, 2.75) is 0 Å². The van der Waals surface area contributed by atoms with Gasteiger partial charge >= 0.3 is 0 Å². The molecule has 2 heterocycles. The van der Waals surface area contributed by atoms with Crippen LogP contribution < -0.4 is 0 Å². The molecule has 0 fully saturated rings. The number of furan rings is 2. The highest BCUT2D eigenvalue weighted by Crippen LogP contribution is 2.46. The lowest BCUT2D eigenvalue weighted by molar-refractivity contribution is 0.615. The number of fused-ring (bicyclic) bond motifs is 8. The molecule has 7 aromatic carbocycles. The summed E-state index contributed by atoms with van der Waals surface area (Å²) in [6.07, 6.45) is 1.53. The van der Waals surface area contributed by atoms with Crippen molar-refractivity contribution in [2.75, 3.05) is 0 Å². The van der Waals surface area contributed by atoms with Gasteiger partial charge in [-0.2, -0.15) is 0 Å². The van der Waals surface area contributed by atoms with Crippen LogP contribution in [-0.4, -0.2) is 0 Å². The van der Waals surface area contributed by atoms with Gasteiger partial charge in [-0.3, -0.25) is 0 Å². The van der Waals surface area contributed by atoms with Gasteiger partial charge in [0.05, 0.1) is 32.2 Å². The van der Waals surface area contributed by atoms with E-state index in [9.17, 15) is 6.85 Å². The predicted octanol–water partition coefficient (Wildman–Crippen LogP) is 11.1. The van der Waals surface area contributed by atoms with Gasteiger partial charge in [-0.1, -0.05) is 96.7 Å². The summed E-state index contributed by atoms with van der Waals surface area (Å²) < 4.78 is 145. The van der Waals surface area contributed by atoms with Crippen molar-refractivity contribution in [1.82, 2.24) is 0 Å². The van der Waals surface area contributed by atoms with Crippen molar-refractivity contribution in [3.63, 3.8) is 0 Å². The molecule has 0 aliphatic rings. The van der Waals surface area contributed by atoms with Crippen molar-refractivity contribution >= 4 is 65.2 Å². The highest BCUT2D eigenvalue weighted by molar-refractivity contribution is 6.24. The van der Waals surface area contributed by atoms with E-state index in [1.165, 1.54) is 6.26 Å². The van der Waals surface area contributed by atoms with Crippen molar-refractivity contribution in [3.05, 3.63) is 133 Å². The summed E-state index contributed by atoms with van der Waals surface area (Å²) in [7, 11) is 0. The van der Waals surface area contributed by atoms with Crippen LogP contribution in [0.1, 0.15) is 20.6 Å². The highest BCUT2D eigenvalue weighted by Gasteiger charge is 2.19. The van der Waals surface area contributed by atoms with Gasteiger partial charge in [0.25, 0.3) is 0 Å². The summed E-state index contributed by atoms with van der Waals surface area (Å²) in [6, 6.07) is 0.00339. The number of benzene rings is 7. The fourth-order valence-electron chi connectivity index (χ4n) is 5.60. The molecule has 0 radical (unpaired) electrons. The van der Waals surface area contributed by atoms with Crippen LogP contribution in [0.3, 0.4) is 0 Å². The third-order valence-corrected chi connectivity index (χ3v) is 7.29. The van der Waals surface area contributed by atoms with Gasteiger partial charge in [0.1, 0.15) is 16.7 Å². The lowest BCUT2D eigenvalue weighted by Gasteiger charge is -2.18. The first-order valence-corrected chi connectivity index (χ1v) is 12.4. The van der Waals surface area contributed by atoms with E-state index < -0.39 is 107 Å². The first-order valence-electron chi connectivity index (χ1n) is 19.9. The Hall–Kier alpha value is -5.34. The fraction of sp³-hybridized carbons (Fsp3) is 0. The van der Waals surface area contributed by atoms with Crippen LogP contribution in [0.4, 0.5) is 0 Å². The molecule has 0 amide bonds. The zero-order chi connectivity index (χ0) is 39.3. The van der Waals surface area contributed by atoms with Gasteiger partial charge < -0.3 is 8.83 Å².